The first kappa shape index (κ1) is 16.4. The third kappa shape index (κ3) is 4.77. The summed E-state index contributed by atoms with van der Waals surface area (Å²) in [7, 11) is 0. The van der Waals surface area contributed by atoms with Gasteiger partial charge in [-0.3, -0.25) is 4.90 Å². The smallest absolute Gasteiger partial charge is 0.414 e. The minimum atomic E-state index is -1.04. The van der Waals surface area contributed by atoms with Crippen molar-refractivity contribution < 1.29 is 23.4 Å². The third-order valence-electron chi connectivity index (χ3n) is 2.37. The summed E-state index contributed by atoms with van der Waals surface area (Å²) in [5, 5.41) is 8.86. The van der Waals surface area contributed by atoms with Gasteiger partial charge in [-0.1, -0.05) is 0 Å². The van der Waals surface area contributed by atoms with Gasteiger partial charge in [0.15, 0.2) is 11.6 Å². The van der Waals surface area contributed by atoms with Gasteiger partial charge >= 0.3 is 6.09 Å². The summed E-state index contributed by atoms with van der Waals surface area (Å²) in [6, 6.07) is 3.16. The molecule has 0 fully saturated rings. The number of anilines is 1. The quantitative estimate of drug-likeness (QED) is 0.925. The summed E-state index contributed by atoms with van der Waals surface area (Å²) >= 11 is 0. The van der Waals surface area contributed by atoms with Crippen LogP contribution in [-0.4, -0.2) is 30.0 Å². The van der Waals surface area contributed by atoms with Crippen LogP contribution in [0.4, 0.5) is 19.3 Å². The highest BCUT2D eigenvalue weighted by molar-refractivity contribution is 5.87. The van der Waals surface area contributed by atoms with Gasteiger partial charge in [0.05, 0.1) is 5.69 Å². The number of nitrogens with zero attached hydrogens (tertiary/aromatic N) is 1. The summed E-state index contributed by atoms with van der Waals surface area (Å²) < 4.78 is 31.4. The van der Waals surface area contributed by atoms with Crippen LogP contribution in [0.15, 0.2) is 18.2 Å². The van der Waals surface area contributed by atoms with Crippen LogP contribution >= 0.6 is 0 Å². The van der Waals surface area contributed by atoms with Gasteiger partial charge in [0.2, 0.25) is 0 Å². The first-order chi connectivity index (χ1) is 9.24. The van der Waals surface area contributed by atoms with Crippen LogP contribution in [-0.2, 0) is 4.74 Å². The molecule has 0 saturated carbocycles. The standard InChI is InChI=1S/C14H19F2NO3/c1-14(2,3)20-13(19)17(7-4-8-18)10-5-6-11(15)12(16)9-10/h5-6,9,18H,4,7-8H2,1-3H3. The van der Waals surface area contributed by atoms with E-state index in [1.54, 1.807) is 20.8 Å². The van der Waals surface area contributed by atoms with Crippen molar-refractivity contribution in [2.45, 2.75) is 32.8 Å². The van der Waals surface area contributed by atoms with Gasteiger partial charge in [0.1, 0.15) is 5.60 Å². The molecule has 0 aliphatic carbocycles. The van der Waals surface area contributed by atoms with E-state index in [1.807, 2.05) is 0 Å². The number of ether oxygens (including phenoxy) is 1. The number of hydrogen-bond donors (Lipinski definition) is 1. The molecule has 0 aliphatic rings. The zero-order valence-corrected chi connectivity index (χ0v) is 11.8. The molecule has 0 atom stereocenters. The van der Waals surface area contributed by atoms with Crippen molar-refractivity contribution in [2.24, 2.45) is 0 Å². The Morgan fingerprint density at radius 1 is 1.30 bits per heavy atom. The third-order valence-corrected chi connectivity index (χ3v) is 2.37. The van der Waals surface area contributed by atoms with Crippen LogP contribution in [0, 0.1) is 11.6 Å². The molecule has 6 heteroatoms. The molecule has 1 aromatic carbocycles. The van der Waals surface area contributed by atoms with Crippen LogP contribution in [0.5, 0.6) is 0 Å². The fourth-order valence-corrected chi connectivity index (χ4v) is 1.52. The minimum Gasteiger partial charge on any atom is -0.443 e. The molecule has 0 unspecified atom stereocenters. The Balaban J connectivity index is 2.98. The van der Waals surface area contributed by atoms with Crippen molar-refractivity contribution >= 4 is 11.8 Å². The molecule has 0 aromatic heterocycles. The Hall–Kier alpha value is -1.69. The summed E-state index contributed by atoms with van der Waals surface area (Å²) in [6.45, 7) is 5.15. The number of carbonyl (C=O) groups excluding carboxylic acids is 1. The van der Waals surface area contributed by atoms with Gasteiger partial charge in [-0.25, -0.2) is 13.6 Å². The maximum Gasteiger partial charge on any atom is 0.414 e. The molecule has 1 rings (SSSR count). The highest BCUT2D eigenvalue weighted by Crippen LogP contribution is 2.21. The summed E-state index contributed by atoms with van der Waals surface area (Å²) in [5.74, 6) is -2.03. The van der Waals surface area contributed by atoms with Gasteiger partial charge in [-0.05, 0) is 39.3 Å². The number of benzene rings is 1. The van der Waals surface area contributed by atoms with E-state index in [-0.39, 0.29) is 18.8 Å². The van der Waals surface area contributed by atoms with E-state index in [0.717, 1.165) is 12.1 Å². The molecule has 0 radical (unpaired) electrons. The SMILES string of the molecule is CC(C)(C)OC(=O)N(CCCO)c1ccc(F)c(F)c1. The number of aliphatic hydroxyl groups excluding tert-OH is 1. The number of rotatable bonds is 4. The fourth-order valence-electron chi connectivity index (χ4n) is 1.52. The number of hydrogen-bond acceptors (Lipinski definition) is 3. The van der Waals surface area contributed by atoms with Crippen molar-refractivity contribution in [3.8, 4) is 0 Å². The van der Waals surface area contributed by atoms with E-state index in [4.69, 9.17) is 9.84 Å². The lowest BCUT2D eigenvalue weighted by atomic mass is 10.2. The summed E-state index contributed by atoms with van der Waals surface area (Å²) in [4.78, 5) is 13.2. The largest absolute Gasteiger partial charge is 0.443 e. The molecule has 0 heterocycles. The van der Waals surface area contributed by atoms with E-state index in [0.29, 0.717) is 6.42 Å². The molecule has 20 heavy (non-hydrogen) atoms. The Morgan fingerprint density at radius 2 is 1.95 bits per heavy atom. The maximum atomic E-state index is 13.3. The van der Waals surface area contributed by atoms with Crippen molar-refractivity contribution in [1.29, 1.82) is 0 Å². The second-order valence-corrected chi connectivity index (χ2v) is 5.31. The summed E-state index contributed by atoms with van der Waals surface area (Å²) in [6.07, 6.45) is -0.366. The van der Waals surface area contributed by atoms with Crippen LogP contribution < -0.4 is 4.90 Å². The van der Waals surface area contributed by atoms with Crippen LogP contribution in [0.1, 0.15) is 27.2 Å². The van der Waals surface area contributed by atoms with Gasteiger partial charge < -0.3 is 9.84 Å². The summed E-state index contributed by atoms with van der Waals surface area (Å²) in [5.41, 5.74) is -0.515. The predicted molar refractivity (Wildman–Crippen MR) is 71.6 cm³/mol. The number of carbonyl (C=O) groups is 1. The Bertz CT molecular complexity index is 472. The lowest BCUT2D eigenvalue weighted by Gasteiger charge is -2.27. The van der Waals surface area contributed by atoms with Crippen molar-refractivity contribution in [2.75, 3.05) is 18.1 Å². The predicted octanol–water partition coefficient (Wildman–Crippen LogP) is 3.09. The zero-order chi connectivity index (χ0) is 15.3. The Kier molecular flexibility index (Phi) is 5.44. The Labute approximate surface area is 117 Å². The average molecular weight is 287 g/mol. The highest BCUT2D eigenvalue weighted by atomic mass is 19.2. The van der Waals surface area contributed by atoms with Gasteiger partial charge in [0.25, 0.3) is 0 Å². The van der Waals surface area contributed by atoms with E-state index >= 15 is 0 Å². The average Bonchev–Trinajstić information content (AvgIpc) is 2.31. The normalized spacial score (nSPS) is 11.3. The topological polar surface area (TPSA) is 49.8 Å². The van der Waals surface area contributed by atoms with Crippen LogP contribution in [0.3, 0.4) is 0 Å². The molecule has 0 saturated heterocycles. The number of amides is 1. The van der Waals surface area contributed by atoms with E-state index in [2.05, 4.69) is 0 Å². The molecule has 0 spiro atoms. The van der Waals surface area contributed by atoms with Gasteiger partial charge in [-0.2, -0.15) is 0 Å². The van der Waals surface area contributed by atoms with E-state index < -0.39 is 23.3 Å². The molecule has 0 aliphatic heterocycles. The zero-order valence-electron chi connectivity index (χ0n) is 11.8. The number of halogens is 2. The van der Waals surface area contributed by atoms with Crippen LogP contribution in [0.2, 0.25) is 0 Å². The molecule has 4 nitrogen and oxygen atoms in total. The first-order valence-electron chi connectivity index (χ1n) is 6.31. The maximum absolute atomic E-state index is 13.3. The lowest BCUT2D eigenvalue weighted by molar-refractivity contribution is 0.0578. The molecular weight excluding hydrogens is 268 g/mol. The minimum absolute atomic E-state index is 0.122. The second kappa shape index (κ2) is 6.65. The molecule has 1 aromatic rings. The fraction of sp³-hybridized carbons (Fsp3) is 0.500. The van der Waals surface area contributed by atoms with Gasteiger partial charge in [-0.15, -0.1) is 0 Å². The Morgan fingerprint density at radius 3 is 2.45 bits per heavy atom. The van der Waals surface area contributed by atoms with E-state index in [1.165, 1.54) is 11.0 Å². The molecule has 1 N–H and O–H groups in total. The van der Waals surface area contributed by atoms with Gasteiger partial charge in [0, 0.05) is 19.2 Å². The molecular formula is C14H19F2NO3. The first-order valence-corrected chi connectivity index (χ1v) is 6.31. The highest BCUT2D eigenvalue weighted by Gasteiger charge is 2.23. The molecule has 1 amide bonds. The lowest BCUT2D eigenvalue weighted by Crippen LogP contribution is -2.37. The molecule has 0 bridgehead atoms. The second-order valence-electron chi connectivity index (χ2n) is 5.31. The van der Waals surface area contributed by atoms with Crippen molar-refractivity contribution in [1.82, 2.24) is 0 Å². The van der Waals surface area contributed by atoms with Crippen molar-refractivity contribution in [3.05, 3.63) is 29.8 Å². The monoisotopic (exact) mass is 287 g/mol. The van der Waals surface area contributed by atoms with E-state index in [9.17, 15) is 13.6 Å². The van der Waals surface area contributed by atoms with Crippen molar-refractivity contribution in [3.63, 3.8) is 0 Å². The number of aliphatic hydroxyl groups is 1. The molecule has 112 valence electrons. The van der Waals surface area contributed by atoms with Crippen LogP contribution in [0.25, 0.3) is 0 Å².